The van der Waals surface area contributed by atoms with Crippen LogP contribution in [0, 0.1) is 12.7 Å². The van der Waals surface area contributed by atoms with E-state index in [1.54, 1.807) is 13.0 Å². The highest BCUT2D eigenvalue weighted by molar-refractivity contribution is 6.30. The van der Waals surface area contributed by atoms with Gasteiger partial charge in [-0.15, -0.1) is 11.6 Å². The number of halogens is 2. The molecule has 2 nitrogen and oxygen atoms in total. The Hall–Kier alpha value is -1.09. The summed E-state index contributed by atoms with van der Waals surface area (Å²) in [5.41, 5.74) is 1.32. The van der Waals surface area contributed by atoms with Gasteiger partial charge in [-0.2, -0.15) is 0 Å². The average Bonchev–Trinajstić information content (AvgIpc) is 2.15. The van der Waals surface area contributed by atoms with E-state index in [2.05, 4.69) is 5.32 Å². The van der Waals surface area contributed by atoms with Gasteiger partial charge in [0.1, 0.15) is 11.2 Å². The highest BCUT2D eigenvalue weighted by atomic mass is 35.5. The van der Waals surface area contributed by atoms with Crippen molar-refractivity contribution in [2.45, 2.75) is 32.2 Å². The van der Waals surface area contributed by atoms with Crippen LogP contribution < -0.4 is 5.32 Å². The van der Waals surface area contributed by atoms with E-state index in [1.807, 2.05) is 13.8 Å². The first-order chi connectivity index (χ1) is 7.41. The third-order valence-electron chi connectivity index (χ3n) is 2.17. The summed E-state index contributed by atoms with van der Waals surface area (Å²) in [5, 5.41) is 1.94. The van der Waals surface area contributed by atoms with Crippen molar-refractivity contribution >= 4 is 17.5 Å². The van der Waals surface area contributed by atoms with Gasteiger partial charge >= 0.3 is 0 Å². The first-order valence-corrected chi connectivity index (χ1v) is 5.56. The lowest BCUT2D eigenvalue weighted by Crippen LogP contribution is -2.33. The van der Waals surface area contributed by atoms with Crippen LogP contribution in [0.1, 0.15) is 30.4 Å². The number of carbonyl (C=O) groups excluding carboxylic acids is 1. The Kier molecular flexibility index (Phi) is 4.30. The zero-order valence-electron chi connectivity index (χ0n) is 9.55. The predicted octanol–water partition coefficient (Wildman–Crippen LogP) is 2.94. The Labute approximate surface area is 99.8 Å². The molecule has 1 aromatic rings. The smallest absolute Gasteiger partial charge is 0.242 e. The van der Waals surface area contributed by atoms with Gasteiger partial charge in [-0.05, 0) is 44.0 Å². The summed E-state index contributed by atoms with van der Waals surface area (Å²) in [7, 11) is 0. The molecule has 1 rings (SSSR count). The number of alkyl halides is 1. The molecule has 0 spiro atoms. The van der Waals surface area contributed by atoms with E-state index in [-0.39, 0.29) is 17.8 Å². The van der Waals surface area contributed by atoms with E-state index in [4.69, 9.17) is 11.6 Å². The van der Waals surface area contributed by atoms with Crippen molar-refractivity contribution in [3.8, 4) is 0 Å². The largest absolute Gasteiger partial charge is 0.352 e. The molecule has 0 aliphatic heterocycles. The van der Waals surface area contributed by atoms with Crippen LogP contribution in [0.2, 0.25) is 0 Å². The summed E-state index contributed by atoms with van der Waals surface area (Å²) in [6.07, 6.45) is 0. The van der Waals surface area contributed by atoms with Gasteiger partial charge in [-0.3, -0.25) is 4.79 Å². The molecule has 88 valence electrons. The van der Waals surface area contributed by atoms with Crippen molar-refractivity contribution in [2.24, 2.45) is 0 Å². The molecule has 1 amide bonds. The van der Waals surface area contributed by atoms with Gasteiger partial charge in [0.2, 0.25) is 5.91 Å². The number of hydrogen-bond acceptors (Lipinski definition) is 1. The number of carbonyl (C=O) groups is 1. The van der Waals surface area contributed by atoms with Crippen molar-refractivity contribution in [1.29, 1.82) is 0 Å². The van der Waals surface area contributed by atoms with Crippen LogP contribution in [0.5, 0.6) is 0 Å². The Bertz CT molecular complexity index is 393. The van der Waals surface area contributed by atoms with Crippen molar-refractivity contribution < 1.29 is 9.18 Å². The minimum atomic E-state index is -0.775. The van der Waals surface area contributed by atoms with Crippen molar-refractivity contribution in [1.82, 2.24) is 5.32 Å². The predicted molar refractivity (Wildman–Crippen MR) is 63.0 cm³/mol. The minimum Gasteiger partial charge on any atom is -0.352 e. The van der Waals surface area contributed by atoms with Gasteiger partial charge < -0.3 is 5.32 Å². The van der Waals surface area contributed by atoms with Crippen LogP contribution in [0.25, 0.3) is 0 Å². The maximum atomic E-state index is 12.9. The molecule has 0 saturated heterocycles. The molecular weight excluding hydrogens is 229 g/mol. The fourth-order valence-corrected chi connectivity index (χ4v) is 1.73. The van der Waals surface area contributed by atoms with E-state index in [1.165, 1.54) is 12.1 Å². The molecule has 1 atom stereocenters. The normalized spacial score (nSPS) is 12.6. The Balaban J connectivity index is 2.87. The Morgan fingerprint density at radius 3 is 2.56 bits per heavy atom. The second-order valence-electron chi connectivity index (χ2n) is 4.03. The molecule has 0 aliphatic rings. The van der Waals surface area contributed by atoms with Gasteiger partial charge in [0.15, 0.2) is 0 Å². The lowest BCUT2D eigenvalue weighted by Gasteiger charge is -2.15. The highest BCUT2D eigenvalue weighted by Crippen LogP contribution is 2.24. The number of aryl methyl sites for hydroxylation is 1. The quantitative estimate of drug-likeness (QED) is 0.813. The fraction of sp³-hybridized carbons (Fsp3) is 0.417. The molecule has 0 radical (unpaired) electrons. The van der Waals surface area contributed by atoms with Gasteiger partial charge in [0.25, 0.3) is 0 Å². The molecule has 0 saturated carbocycles. The second kappa shape index (κ2) is 5.30. The van der Waals surface area contributed by atoms with Crippen molar-refractivity contribution in [3.63, 3.8) is 0 Å². The summed E-state index contributed by atoms with van der Waals surface area (Å²) in [6, 6.07) is 4.25. The van der Waals surface area contributed by atoms with E-state index in [0.717, 1.165) is 0 Å². The van der Waals surface area contributed by atoms with Gasteiger partial charge in [0, 0.05) is 6.04 Å². The maximum Gasteiger partial charge on any atom is 0.242 e. The van der Waals surface area contributed by atoms with Crippen LogP contribution in [-0.2, 0) is 4.79 Å². The molecule has 16 heavy (non-hydrogen) atoms. The number of nitrogens with one attached hydrogen (secondary N) is 1. The molecule has 0 aromatic heterocycles. The lowest BCUT2D eigenvalue weighted by molar-refractivity contribution is -0.121. The van der Waals surface area contributed by atoms with E-state index >= 15 is 0 Å². The third kappa shape index (κ3) is 3.20. The number of hydrogen-bond donors (Lipinski definition) is 1. The van der Waals surface area contributed by atoms with E-state index < -0.39 is 5.38 Å². The SMILES string of the molecule is Cc1cc(F)ccc1C(Cl)C(=O)NC(C)C. The number of benzene rings is 1. The maximum absolute atomic E-state index is 12.9. The van der Waals surface area contributed by atoms with Gasteiger partial charge in [-0.25, -0.2) is 4.39 Å². The van der Waals surface area contributed by atoms with Crippen molar-refractivity contribution in [3.05, 3.63) is 35.1 Å². The number of amides is 1. The molecule has 1 aromatic carbocycles. The first-order valence-electron chi connectivity index (χ1n) is 5.12. The van der Waals surface area contributed by atoms with Crippen LogP contribution in [0.4, 0.5) is 4.39 Å². The standard InChI is InChI=1S/C12H15ClFNO/c1-7(2)15-12(16)11(13)10-5-4-9(14)6-8(10)3/h4-7,11H,1-3H3,(H,15,16). The van der Waals surface area contributed by atoms with Crippen LogP contribution in [-0.4, -0.2) is 11.9 Å². The molecular formula is C12H15ClFNO. The summed E-state index contributed by atoms with van der Waals surface area (Å²) in [4.78, 5) is 11.7. The Morgan fingerprint density at radius 1 is 1.44 bits per heavy atom. The summed E-state index contributed by atoms with van der Waals surface area (Å²) >= 11 is 6.02. The molecule has 0 aliphatic carbocycles. The fourth-order valence-electron chi connectivity index (χ4n) is 1.42. The monoisotopic (exact) mass is 243 g/mol. The molecule has 1 N–H and O–H groups in total. The Morgan fingerprint density at radius 2 is 2.06 bits per heavy atom. The molecule has 0 heterocycles. The molecule has 4 heteroatoms. The molecule has 0 fully saturated rings. The lowest BCUT2D eigenvalue weighted by atomic mass is 10.0. The van der Waals surface area contributed by atoms with Crippen LogP contribution in [0.3, 0.4) is 0 Å². The zero-order chi connectivity index (χ0) is 12.3. The number of rotatable bonds is 3. The third-order valence-corrected chi connectivity index (χ3v) is 2.60. The van der Waals surface area contributed by atoms with E-state index in [9.17, 15) is 9.18 Å². The molecule has 0 bridgehead atoms. The van der Waals surface area contributed by atoms with E-state index in [0.29, 0.717) is 11.1 Å². The zero-order valence-corrected chi connectivity index (χ0v) is 10.3. The average molecular weight is 244 g/mol. The summed E-state index contributed by atoms with van der Waals surface area (Å²) in [5.74, 6) is -0.583. The van der Waals surface area contributed by atoms with Crippen LogP contribution in [0.15, 0.2) is 18.2 Å². The van der Waals surface area contributed by atoms with Crippen LogP contribution >= 0.6 is 11.6 Å². The highest BCUT2D eigenvalue weighted by Gasteiger charge is 2.19. The topological polar surface area (TPSA) is 29.1 Å². The first kappa shape index (κ1) is 13.0. The summed E-state index contributed by atoms with van der Waals surface area (Å²) < 4.78 is 12.9. The molecule has 1 unspecified atom stereocenters. The van der Waals surface area contributed by atoms with Gasteiger partial charge in [0.05, 0.1) is 0 Å². The van der Waals surface area contributed by atoms with Gasteiger partial charge in [-0.1, -0.05) is 6.07 Å². The second-order valence-corrected chi connectivity index (χ2v) is 4.46. The summed E-state index contributed by atoms with van der Waals surface area (Å²) in [6.45, 7) is 5.45. The minimum absolute atomic E-state index is 0.0366. The van der Waals surface area contributed by atoms with Crippen molar-refractivity contribution in [2.75, 3.05) is 0 Å².